The Morgan fingerprint density at radius 1 is 1.11 bits per heavy atom. The zero-order valence-electron chi connectivity index (χ0n) is 17.3. The van der Waals surface area contributed by atoms with Gasteiger partial charge in [0.25, 0.3) is 0 Å². The van der Waals surface area contributed by atoms with Crippen molar-refractivity contribution in [3.05, 3.63) is 29.8 Å². The predicted octanol–water partition coefficient (Wildman–Crippen LogP) is 3.58. The smallest absolute Gasteiger partial charge is 0.242 e. The molecule has 1 fully saturated rings. The normalized spacial score (nSPS) is 15.9. The Morgan fingerprint density at radius 3 is 2.32 bits per heavy atom. The SMILES string of the molecule is CN=C(NCCCC1CCCCC1)NCc1ccc(S(=O)(=O)N(C)C)cc1.I. The molecule has 1 aromatic rings. The molecule has 0 saturated heterocycles. The van der Waals surface area contributed by atoms with E-state index in [1.54, 1.807) is 19.2 Å². The number of nitrogens with zero attached hydrogens (tertiary/aromatic N) is 2. The molecule has 1 saturated carbocycles. The van der Waals surface area contributed by atoms with E-state index in [-0.39, 0.29) is 24.0 Å². The van der Waals surface area contributed by atoms with Crippen LogP contribution in [-0.2, 0) is 16.6 Å². The third kappa shape index (κ3) is 7.87. The molecule has 2 rings (SSSR count). The molecule has 8 heteroatoms. The van der Waals surface area contributed by atoms with Crippen molar-refractivity contribution in [3.63, 3.8) is 0 Å². The van der Waals surface area contributed by atoms with E-state index < -0.39 is 10.0 Å². The average molecular weight is 522 g/mol. The van der Waals surface area contributed by atoms with Gasteiger partial charge >= 0.3 is 0 Å². The Morgan fingerprint density at radius 2 is 1.75 bits per heavy atom. The first kappa shape index (κ1) is 25.2. The van der Waals surface area contributed by atoms with Crippen molar-refractivity contribution >= 4 is 40.0 Å². The van der Waals surface area contributed by atoms with Crippen molar-refractivity contribution in [3.8, 4) is 0 Å². The molecule has 0 bridgehead atoms. The summed E-state index contributed by atoms with van der Waals surface area (Å²) < 4.78 is 25.4. The summed E-state index contributed by atoms with van der Waals surface area (Å²) in [6.07, 6.45) is 9.46. The second-order valence-corrected chi connectivity index (χ2v) is 9.58. The van der Waals surface area contributed by atoms with Gasteiger partial charge in [0.2, 0.25) is 10.0 Å². The Bertz CT molecular complexity index is 699. The van der Waals surface area contributed by atoms with Crippen LogP contribution >= 0.6 is 24.0 Å². The lowest BCUT2D eigenvalue weighted by Gasteiger charge is -2.21. The molecule has 0 aromatic heterocycles. The highest BCUT2D eigenvalue weighted by molar-refractivity contribution is 14.0. The summed E-state index contributed by atoms with van der Waals surface area (Å²) >= 11 is 0. The van der Waals surface area contributed by atoms with Crippen LogP contribution in [0.1, 0.15) is 50.5 Å². The summed E-state index contributed by atoms with van der Waals surface area (Å²) in [4.78, 5) is 4.57. The molecule has 1 aliphatic rings. The Hall–Kier alpha value is -0.870. The van der Waals surface area contributed by atoms with Crippen LogP contribution in [0.5, 0.6) is 0 Å². The third-order valence-corrected chi connectivity index (χ3v) is 7.02. The largest absolute Gasteiger partial charge is 0.356 e. The summed E-state index contributed by atoms with van der Waals surface area (Å²) in [7, 11) is 1.46. The summed E-state index contributed by atoms with van der Waals surface area (Å²) in [5.74, 6) is 1.69. The van der Waals surface area contributed by atoms with Gasteiger partial charge in [-0.05, 0) is 36.5 Å². The summed E-state index contributed by atoms with van der Waals surface area (Å²) in [6, 6.07) is 6.96. The third-order valence-electron chi connectivity index (χ3n) is 5.19. The summed E-state index contributed by atoms with van der Waals surface area (Å²) in [5, 5.41) is 6.65. The maximum absolute atomic E-state index is 12.1. The van der Waals surface area contributed by atoms with Crippen molar-refractivity contribution in [1.82, 2.24) is 14.9 Å². The summed E-state index contributed by atoms with van der Waals surface area (Å²) in [6.45, 7) is 1.53. The highest BCUT2D eigenvalue weighted by atomic mass is 127. The van der Waals surface area contributed by atoms with Crippen molar-refractivity contribution in [2.24, 2.45) is 10.9 Å². The standard InChI is InChI=1S/C20H34N4O2S.HI/c1-21-20(22-15-7-10-17-8-5-4-6-9-17)23-16-18-11-13-19(14-12-18)27(25,26)24(2)3;/h11-14,17H,4-10,15-16H2,1-3H3,(H2,21,22,23);1H. The van der Waals surface area contributed by atoms with Crippen LogP contribution in [0.2, 0.25) is 0 Å². The molecule has 0 atom stereocenters. The molecule has 0 radical (unpaired) electrons. The van der Waals surface area contributed by atoms with Crippen molar-refractivity contribution in [1.29, 1.82) is 0 Å². The molecule has 0 heterocycles. The lowest BCUT2D eigenvalue weighted by molar-refractivity contribution is 0.332. The predicted molar refractivity (Wildman–Crippen MR) is 127 cm³/mol. The molecule has 28 heavy (non-hydrogen) atoms. The monoisotopic (exact) mass is 522 g/mol. The minimum Gasteiger partial charge on any atom is -0.356 e. The Labute approximate surface area is 187 Å². The first-order chi connectivity index (χ1) is 12.9. The van der Waals surface area contributed by atoms with Crippen molar-refractivity contribution < 1.29 is 8.42 Å². The molecule has 1 aliphatic carbocycles. The number of sulfonamides is 1. The Balaban J connectivity index is 0.00000392. The van der Waals surface area contributed by atoms with E-state index >= 15 is 0 Å². The van der Waals surface area contributed by atoms with E-state index in [2.05, 4.69) is 15.6 Å². The molecule has 0 spiro atoms. The lowest BCUT2D eigenvalue weighted by atomic mass is 9.86. The first-order valence-corrected chi connectivity index (χ1v) is 11.3. The fourth-order valence-corrected chi connectivity index (χ4v) is 4.37. The van der Waals surface area contributed by atoms with Crippen molar-refractivity contribution in [2.75, 3.05) is 27.7 Å². The van der Waals surface area contributed by atoms with Gasteiger partial charge in [-0.1, -0.05) is 44.2 Å². The van der Waals surface area contributed by atoms with E-state index in [0.717, 1.165) is 24.0 Å². The fraction of sp³-hybridized carbons (Fsp3) is 0.650. The van der Waals surface area contributed by atoms with Gasteiger partial charge < -0.3 is 10.6 Å². The number of nitrogens with one attached hydrogen (secondary N) is 2. The number of hydrogen-bond acceptors (Lipinski definition) is 3. The van der Waals surface area contributed by atoms with E-state index in [1.165, 1.54) is 63.3 Å². The maximum atomic E-state index is 12.1. The van der Waals surface area contributed by atoms with Gasteiger partial charge in [0.1, 0.15) is 0 Å². The number of guanidine groups is 1. The number of benzene rings is 1. The number of halogens is 1. The van der Waals surface area contributed by atoms with E-state index in [1.807, 2.05) is 12.1 Å². The van der Waals surface area contributed by atoms with Gasteiger partial charge in [-0.15, -0.1) is 24.0 Å². The van der Waals surface area contributed by atoms with Gasteiger partial charge in [0.15, 0.2) is 5.96 Å². The van der Waals surface area contributed by atoms with Crippen LogP contribution in [0, 0.1) is 5.92 Å². The molecule has 1 aromatic carbocycles. The lowest BCUT2D eigenvalue weighted by Crippen LogP contribution is -2.37. The number of rotatable bonds is 8. The molecule has 0 unspecified atom stereocenters. The van der Waals surface area contributed by atoms with E-state index in [0.29, 0.717) is 11.4 Å². The second kappa shape index (κ2) is 12.6. The molecule has 0 amide bonds. The molecular weight excluding hydrogens is 487 g/mol. The molecular formula is C20H35IN4O2S. The fourth-order valence-electron chi connectivity index (χ4n) is 3.47. The van der Waals surface area contributed by atoms with Crippen LogP contribution in [0.25, 0.3) is 0 Å². The van der Waals surface area contributed by atoms with Gasteiger partial charge in [-0.3, -0.25) is 4.99 Å². The molecule has 0 aliphatic heterocycles. The molecule has 2 N–H and O–H groups in total. The zero-order chi connectivity index (χ0) is 19.7. The average Bonchev–Trinajstić information content (AvgIpc) is 2.68. The minimum atomic E-state index is -3.38. The van der Waals surface area contributed by atoms with Crippen molar-refractivity contribution in [2.45, 2.75) is 56.4 Å². The minimum absolute atomic E-state index is 0. The van der Waals surface area contributed by atoms with Crippen LogP contribution in [0.3, 0.4) is 0 Å². The van der Waals surface area contributed by atoms with E-state index in [9.17, 15) is 8.42 Å². The van der Waals surface area contributed by atoms with Crippen LogP contribution < -0.4 is 10.6 Å². The number of hydrogen-bond donors (Lipinski definition) is 2. The topological polar surface area (TPSA) is 73.8 Å². The van der Waals surface area contributed by atoms with Gasteiger partial charge in [-0.2, -0.15) is 0 Å². The van der Waals surface area contributed by atoms with Gasteiger partial charge in [-0.25, -0.2) is 12.7 Å². The molecule has 160 valence electrons. The first-order valence-electron chi connectivity index (χ1n) is 9.89. The second-order valence-electron chi connectivity index (χ2n) is 7.43. The quantitative estimate of drug-likeness (QED) is 0.237. The van der Waals surface area contributed by atoms with Crippen LogP contribution in [0.15, 0.2) is 34.2 Å². The van der Waals surface area contributed by atoms with Crippen LogP contribution in [-0.4, -0.2) is 46.4 Å². The zero-order valence-corrected chi connectivity index (χ0v) is 20.4. The number of aliphatic imine (C=N–C) groups is 1. The molecule has 6 nitrogen and oxygen atoms in total. The van der Waals surface area contributed by atoms with Gasteiger partial charge in [0, 0.05) is 34.2 Å². The van der Waals surface area contributed by atoms with Crippen LogP contribution in [0.4, 0.5) is 0 Å². The maximum Gasteiger partial charge on any atom is 0.242 e. The Kier molecular flexibility index (Phi) is 11.4. The highest BCUT2D eigenvalue weighted by Crippen LogP contribution is 2.26. The highest BCUT2D eigenvalue weighted by Gasteiger charge is 2.16. The summed E-state index contributed by atoms with van der Waals surface area (Å²) in [5.41, 5.74) is 1.01. The van der Waals surface area contributed by atoms with Gasteiger partial charge in [0.05, 0.1) is 4.90 Å². The van der Waals surface area contributed by atoms with E-state index in [4.69, 9.17) is 0 Å².